The number of amides is 1. The second-order valence-electron chi connectivity index (χ2n) is 4.89. The van der Waals surface area contributed by atoms with Gasteiger partial charge in [-0.2, -0.15) is 0 Å². The van der Waals surface area contributed by atoms with Crippen molar-refractivity contribution in [2.24, 2.45) is 5.41 Å². The topological polar surface area (TPSA) is 55.4 Å². The smallest absolute Gasteiger partial charge is 0.320 e. The van der Waals surface area contributed by atoms with Crippen LogP contribution in [0.5, 0.6) is 0 Å². The van der Waals surface area contributed by atoms with E-state index < -0.39 is 11.4 Å². The molecular formula is C14H19NO3. The van der Waals surface area contributed by atoms with Gasteiger partial charge in [0.25, 0.3) is 0 Å². The van der Waals surface area contributed by atoms with E-state index in [-0.39, 0.29) is 5.91 Å². The highest BCUT2D eigenvalue weighted by molar-refractivity contribution is 6.08. The molecule has 1 aromatic rings. The van der Waals surface area contributed by atoms with E-state index in [1.54, 1.807) is 0 Å². The van der Waals surface area contributed by atoms with Crippen LogP contribution in [0.1, 0.15) is 25.0 Å². The minimum Gasteiger partial charge on any atom is -0.468 e. The fraction of sp³-hybridized carbons (Fsp3) is 0.429. The van der Waals surface area contributed by atoms with Crippen molar-refractivity contribution >= 4 is 17.6 Å². The largest absolute Gasteiger partial charge is 0.468 e. The van der Waals surface area contributed by atoms with Crippen molar-refractivity contribution in [1.82, 2.24) is 0 Å². The third-order valence-corrected chi connectivity index (χ3v) is 2.89. The summed E-state index contributed by atoms with van der Waals surface area (Å²) in [5.74, 6) is -0.925. The summed E-state index contributed by atoms with van der Waals surface area (Å²) in [6, 6.07) is 5.71. The Bertz CT molecular complexity index is 478. The number of hydrogen-bond acceptors (Lipinski definition) is 3. The van der Waals surface area contributed by atoms with E-state index >= 15 is 0 Å². The highest BCUT2D eigenvalue weighted by Gasteiger charge is 2.37. The maximum absolute atomic E-state index is 12.1. The summed E-state index contributed by atoms with van der Waals surface area (Å²) in [5.41, 5.74) is 1.59. The van der Waals surface area contributed by atoms with Gasteiger partial charge >= 0.3 is 5.97 Å². The lowest BCUT2D eigenvalue weighted by Crippen LogP contribution is -2.38. The zero-order chi connectivity index (χ0) is 13.9. The minimum atomic E-state index is -1.20. The Morgan fingerprint density at radius 3 is 2.33 bits per heavy atom. The first-order valence-corrected chi connectivity index (χ1v) is 5.76. The molecule has 4 nitrogen and oxygen atoms in total. The van der Waals surface area contributed by atoms with Crippen LogP contribution in [0.3, 0.4) is 0 Å². The van der Waals surface area contributed by atoms with Gasteiger partial charge in [0.2, 0.25) is 5.91 Å². The van der Waals surface area contributed by atoms with Gasteiger partial charge in [-0.05, 0) is 39.3 Å². The summed E-state index contributed by atoms with van der Waals surface area (Å²) < 4.78 is 4.62. The normalized spacial score (nSPS) is 10.9. The molecule has 1 amide bonds. The van der Waals surface area contributed by atoms with E-state index in [0.717, 1.165) is 11.1 Å². The maximum atomic E-state index is 12.1. The summed E-state index contributed by atoms with van der Waals surface area (Å²) in [6.45, 7) is 6.97. The van der Waals surface area contributed by atoms with Gasteiger partial charge in [0, 0.05) is 5.69 Å². The van der Waals surface area contributed by atoms with Crippen molar-refractivity contribution < 1.29 is 14.3 Å². The molecule has 0 bridgehead atoms. The van der Waals surface area contributed by atoms with Crippen LogP contribution >= 0.6 is 0 Å². The van der Waals surface area contributed by atoms with Gasteiger partial charge in [-0.25, -0.2) is 0 Å². The van der Waals surface area contributed by atoms with Crippen molar-refractivity contribution in [3.8, 4) is 0 Å². The second-order valence-corrected chi connectivity index (χ2v) is 4.89. The first kappa shape index (κ1) is 14.2. The predicted molar refractivity (Wildman–Crippen MR) is 70.3 cm³/mol. The van der Waals surface area contributed by atoms with Crippen LogP contribution in [0.2, 0.25) is 0 Å². The number of carbonyl (C=O) groups excluding carboxylic acids is 2. The fourth-order valence-electron chi connectivity index (χ4n) is 1.58. The number of anilines is 1. The predicted octanol–water partition coefficient (Wildman–Crippen LogP) is 2.44. The van der Waals surface area contributed by atoms with E-state index in [4.69, 9.17) is 0 Å². The first-order chi connectivity index (χ1) is 8.28. The molecule has 98 valence electrons. The summed E-state index contributed by atoms with van der Waals surface area (Å²) in [5, 5.41) is 2.75. The molecular weight excluding hydrogens is 230 g/mol. The van der Waals surface area contributed by atoms with Crippen LogP contribution in [-0.2, 0) is 14.3 Å². The van der Waals surface area contributed by atoms with Gasteiger partial charge in [0.15, 0.2) is 0 Å². The molecule has 0 radical (unpaired) electrons. The third kappa shape index (κ3) is 2.88. The molecule has 0 unspecified atom stereocenters. The monoisotopic (exact) mass is 249 g/mol. The van der Waals surface area contributed by atoms with E-state index in [2.05, 4.69) is 10.1 Å². The van der Waals surface area contributed by atoms with Gasteiger partial charge in [-0.3, -0.25) is 9.59 Å². The van der Waals surface area contributed by atoms with Crippen LogP contribution < -0.4 is 5.32 Å². The van der Waals surface area contributed by atoms with Crippen molar-refractivity contribution in [3.63, 3.8) is 0 Å². The summed E-state index contributed by atoms with van der Waals surface area (Å²) in [4.78, 5) is 23.6. The zero-order valence-corrected chi connectivity index (χ0v) is 11.5. The van der Waals surface area contributed by atoms with E-state index in [0.29, 0.717) is 5.69 Å². The molecule has 1 N–H and O–H groups in total. The number of ether oxygens (including phenoxy) is 1. The molecule has 0 saturated heterocycles. The van der Waals surface area contributed by atoms with Crippen molar-refractivity contribution in [2.45, 2.75) is 27.7 Å². The van der Waals surface area contributed by atoms with Crippen LogP contribution in [0.25, 0.3) is 0 Å². The van der Waals surface area contributed by atoms with Crippen LogP contribution in [-0.4, -0.2) is 19.0 Å². The molecule has 1 aromatic carbocycles. The first-order valence-electron chi connectivity index (χ1n) is 5.76. The summed E-state index contributed by atoms with van der Waals surface area (Å²) in [6.07, 6.45) is 0. The number of rotatable bonds is 3. The average molecular weight is 249 g/mol. The maximum Gasteiger partial charge on any atom is 0.320 e. The highest BCUT2D eigenvalue weighted by Crippen LogP contribution is 2.22. The number of benzene rings is 1. The van der Waals surface area contributed by atoms with Gasteiger partial charge in [0.05, 0.1) is 7.11 Å². The molecule has 0 atom stereocenters. The molecule has 0 fully saturated rings. The highest BCUT2D eigenvalue weighted by atomic mass is 16.5. The molecule has 0 aliphatic heterocycles. The van der Waals surface area contributed by atoms with Gasteiger partial charge < -0.3 is 10.1 Å². The SMILES string of the molecule is COC(=O)C(C)(C)C(=O)Nc1ccc(C)cc1C. The lowest BCUT2D eigenvalue weighted by atomic mass is 9.92. The molecule has 0 aliphatic carbocycles. The number of aryl methyl sites for hydroxylation is 2. The number of nitrogens with one attached hydrogen (secondary N) is 1. The Morgan fingerprint density at radius 2 is 1.83 bits per heavy atom. The Hall–Kier alpha value is -1.84. The standard InChI is InChI=1S/C14H19NO3/c1-9-6-7-11(10(2)8-9)15-12(16)14(3,4)13(17)18-5/h6-8H,1-5H3,(H,15,16). The van der Waals surface area contributed by atoms with Crippen molar-refractivity contribution in [1.29, 1.82) is 0 Å². The number of esters is 1. The molecule has 1 rings (SSSR count). The van der Waals surface area contributed by atoms with E-state index in [9.17, 15) is 9.59 Å². The van der Waals surface area contributed by atoms with E-state index in [1.807, 2.05) is 32.0 Å². The summed E-state index contributed by atoms with van der Waals surface area (Å²) >= 11 is 0. The molecule has 0 heterocycles. The van der Waals surface area contributed by atoms with Crippen LogP contribution in [0, 0.1) is 19.3 Å². The lowest BCUT2D eigenvalue weighted by Gasteiger charge is -2.21. The van der Waals surface area contributed by atoms with Crippen molar-refractivity contribution in [3.05, 3.63) is 29.3 Å². The zero-order valence-electron chi connectivity index (χ0n) is 11.5. The Balaban J connectivity index is 2.91. The molecule has 0 aliphatic rings. The van der Waals surface area contributed by atoms with Gasteiger partial charge in [-0.15, -0.1) is 0 Å². The molecule has 0 spiro atoms. The number of hydrogen-bond donors (Lipinski definition) is 1. The van der Waals surface area contributed by atoms with Crippen molar-refractivity contribution in [2.75, 3.05) is 12.4 Å². The second kappa shape index (κ2) is 5.21. The lowest BCUT2D eigenvalue weighted by molar-refractivity contribution is -0.154. The van der Waals surface area contributed by atoms with Crippen LogP contribution in [0.4, 0.5) is 5.69 Å². The molecule has 4 heteroatoms. The number of methoxy groups -OCH3 is 1. The quantitative estimate of drug-likeness (QED) is 0.661. The summed E-state index contributed by atoms with van der Waals surface area (Å²) in [7, 11) is 1.27. The van der Waals surface area contributed by atoms with Gasteiger partial charge in [-0.1, -0.05) is 17.7 Å². The Kier molecular flexibility index (Phi) is 4.11. The third-order valence-electron chi connectivity index (χ3n) is 2.89. The Labute approximate surface area is 107 Å². The minimum absolute atomic E-state index is 0.374. The molecule has 0 aromatic heterocycles. The fourth-order valence-corrected chi connectivity index (χ4v) is 1.58. The van der Waals surface area contributed by atoms with E-state index in [1.165, 1.54) is 21.0 Å². The van der Waals surface area contributed by atoms with Crippen LogP contribution in [0.15, 0.2) is 18.2 Å². The molecule has 0 saturated carbocycles. The average Bonchev–Trinajstić information content (AvgIpc) is 2.31. The Morgan fingerprint density at radius 1 is 1.22 bits per heavy atom. The van der Waals surface area contributed by atoms with Gasteiger partial charge in [0.1, 0.15) is 5.41 Å². The molecule has 18 heavy (non-hydrogen) atoms. The number of carbonyl (C=O) groups is 2.